The lowest BCUT2D eigenvalue weighted by Gasteiger charge is -2.04. The molecule has 0 radical (unpaired) electrons. The molecule has 0 bridgehead atoms. The van der Waals surface area contributed by atoms with E-state index in [2.05, 4.69) is 18.8 Å². The summed E-state index contributed by atoms with van der Waals surface area (Å²) in [5.74, 6) is 0.238. The quantitative estimate of drug-likeness (QED) is 0.914. The van der Waals surface area contributed by atoms with Crippen LogP contribution in [0.25, 0.3) is 5.52 Å². The first-order valence-corrected chi connectivity index (χ1v) is 5.77. The van der Waals surface area contributed by atoms with Crippen molar-refractivity contribution in [2.45, 2.75) is 20.3 Å². The molecule has 2 heterocycles. The van der Waals surface area contributed by atoms with Crippen LogP contribution in [0, 0.1) is 5.92 Å². The first-order valence-electron chi connectivity index (χ1n) is 5.39. The lowest BCUT2D eigenvalue weighted by Crippen LogP contribution is -2.03. The van der Waals surface area contributed by atoms with Gasteiger partial charge in [0.1, 0.15) is 5.82 Å². The number of aromatic carboxylic acids is 1. The van der Waals surface area contributed by atoms with Gasteiger partial charge < -0.3 is 9.51 Å². The number of aromatic nitrogens is 2. The molecule has 2 aromatic rings. The zero-order valence-electron chi connectivity index (χ0n) is 9.64. The number of halogens is 1. The van der Waals surface area contributed by atoms with Crippen molar-refractivity contribution in [3.8, 4) is 0 Å². The predicted octanol–water partition coefficient (Wildman–Crippen LogP) is 2.88. The Morgan fingerprint density at radius 3 is 2.88 bits per heavy atom. The van der Waals surface area contributed by atoms with E-state index in [1.54, 1.807) is 16.7 Å². The van der Waals surface area contributed by atoms with Crippen LogP contribution in [0.5, 0.6) is 0 Å². The highest BCUT2D eigenvalue weighted by molar-refractivity contribution is 6.33. The zero-order valence-corrected chi connectivity index (χ0v) is 10.4. The standard InChI is InChI=1S/C12H13ClN2O2/c1-7(2)6-9-14-11(13)10-8(12(16)17)4-3-5-15(9)10/h3-5,7H,6H2,1-2H3,(H,16,17). The summed E-state index contributed by atoms with van der Waals surface area (Å²) in [4.78, 5) is 15.3. The van der Waals surface area contributed by atoms with Crippen LogP contribution in [0.4, 0.5) is 0 Å². The van der Waals surface area contributed by atoms with Gasteiger partial charge in [0.25, 0.3) is 0 Å². The molecule has 0 spiro atoms. The minimum Gasteiger partial charge on any atom is -0.478 e. The van der Waals surface area contributed by atoms with Crippen molar-refractivity contribution in [1.82, 2.24) is 9.38 Å². The average Bonchev–Trinajstić information content (AvgIpc) is 2.55. The molecular weight excluding hydrogens is 240 g/mol. The maximum absolute atomic E-state index is 11.1. The second kappa shape index (κ2) is 4.37. The van der Waals surface area contributed by atoms with Gasteiger partial charge in [-0.05, 0) is 18.1 Å². The molecule has 0 amide bonds. The molecule has 2 rings (SSSR count). The van der Waals surface area contributed by atoms with E-state index in [9.17, 15) is 4.79 Å². The van der Waals surface area contributed by atoms with Gasteiger partial charge in [-0.15, -0.1) is 0 Å². The van der Waals surface area contributed by atoms with Crippen molar-refractivity contribution in [2.24, 2.45) is 5.92 Å². The van der Waals surface area contributed by atoms with Gasteiger partial charge in [-0.3, -0.25) is 0 Å². The molecule has 0 fully saturated rings. The number of imidazole rings is 1. The number of hydrogen-bond acceptors (Lipinski definition) is 2. The van der Waals surface area contributed by atoms with Gasteiger partial charge in [0.05, 0.1) is 11.1 Å². The normalized spacial score (nSPS) is 11.3. The van der Waals surface area contributed by atoms with E-state index in [1.807, 2.05) is 0 Å². The van der Waals surface area contributed by atoms with Gasteiger partial charge in [-0.25, -0.2) is 9.78 Å². The monoisotopic (exact) mass is 252 g/mol. The Balaban J connectivity index is 2.68. The summed E-state index contributed by atoms with van der Waals surface area (Å²) >= 11 is 6.02. The Labute approximate surface area is 104 Å². The van der Waals surface area contributed by atoms with Gasteiger partial charge >= 0.3 is 5.97 Å². The van der Waals surface area contributed by atoms with Gasteiger partial charge in [-0.2, -0.15) is 0 Å². The summed E-state index contributed by atoms with van der Waals surface area (Å²) in [5, 5.41) is 9.35. The van der Waals surface area contributed by atoms with Crippen molar-refractivity contribution in [3.05, 3.63) is 34.9 Å². The van der Waals surface area contributed by atoms with Crippen molar-refractivity contribution in [1.29, 1.82) is 0 Å². The van der Waals surface area contributed by atoms with Gasteiger partial charge in [0, 0.05) is 12.6 Å². The number of hydrogen-bond donors (Lipinski definition) is 1. The van der Waals surface area contributed by atoms with Crippen molar-refractivity contribution >= 4 is 23.1 Å². The van der Waals surface area contributed by atoms with Crippen LogP contribution in [0.3, 0.4) is 0 Å². The Morgan fingerprint density at radius 2 is 2.29 bits per heavy atom. The number of carbonyl (C=O) groups is 1. The van der Waals surface area contributed by atoms with Crippen molar-refractivity contribution in [3.63, 3.8) is 0 Å². The van der Waals surface area contributed by atoms with Crippen molar-refractivity contribution < 1.29 is 9.90 Å². The van der Waals surface area contributed by atoms with Crippen LogP contribution in [0.15, 0.2) is 18.3 Å². The summed E-state index contributed by atoms with van der Waals surface area (Å²) in [6.07, 6.45) is 2.55. The van der Waals surface area contributed by atoms with Gasteiger partial charge in [0.15, 0.2) is 5.15 Å². The molecule has 0 saturated carbocycles. The topological polar surface area (TPSA) is 54.6 Å². The first-order chi connectivity index (χ1) is 8.00. The third kappa shape index (κ3) is 2.13. The smallest absolute Gasteiger partial charge is 0.337 e. The summed E-state index contributed by atoms with van der Waals surface area (Å²) in [6, 6.07) is 3.22. The summed E-state index contributed by atoms with van der Waals surface area (Å²) < 4.78 is 1.76. The predicted molar refractivity (Wildman–Crippen MR) is 65.7 cm³/mol. The fourth-order valence-corrected chi connectivity index (χ4v) is 2.13. The maximum atomic E-state index is 11.1. The van der Waals surface area contributed by atoms with Crippen LogP contribution in [0.2, 0.25) is 5.15 Å². The average molecular weight is 253 g/mol. The number of nitrogens with zero attached hydrogens (tertiary/aromatic N) is 2. The number of carboxylic acids is 1. The van der Waals surface area contributed by atoms with E-state index < -0.39 is 5.97 Å². The third-order valence-electron chi connectivity index (χ3n) is 2.52. The third-order valence-corrected chi connectivity index (χ3v) is 2.78. The maximum Gasteiger partial charge on any atom is 0.337 e. The summed E-state index contributed by atoms with van der Waals surface area (Å²) in [6.45, 7) is 4.16. The van der Waals surface area contributed by atoms with Crippen LogP contribution < -0.4 is 0 Å². The molecular formula is C12H13ClN2O2. The van der Waals surface area contributed by atoms with E-state index in [0.29, 0.717) is 11.4 Å². The Bertz CT molecular complexity index is 575. The second-order valence-electron chi connectivity index (χ2n) is 4.36. The molecule has 17 heavy (non-hydrogen) atoms. The van der Waals surface area contributed by atoms with Gasteiger partial charge in [-0.1, -0.05) is 25.4 Å². The van der Waals surface area contributed by atoms with Crippen LogP contribution in [-0.2, 0) is 6.42 Å². The van der Waals surface area contributed by atoms with Crippen LogP contribution in [-0.4, -0.2) is 20.5 Å². The minimum absolute atomic E-state index is 0.181. The van der Waals surface area contributed by atoms with Crippen LogP contribution >= 0.6 is 11.6 Å². The highest BCUT2D eigenvalue weighted by Gasteiger charge is 2.17. The fraction of sp³-hybridized carbons (Fsp3) is 0.333. The molecule has 90 valence electrons. The number of fused-ring (bicyclic) bond motifs is 1. The lowest BCUT2D eigenvalue weighted by molar-refractivity contribution is 0.0698. The van der Waals surface area contributed by atoms with Crippen molar-refractivity contribution in [2.75, 3.05) is 0 Å². The Hall–Kier alpha value is -1.55. The molecule has 0 saturated heterocycles. The van der Waals surface area contributed by atoms with E-state index in [0.717, 1.165) is 12.2 Å². The van der Waals surface area contributed by atoms with Gasteiger partial charge in [0.2, 0.25) is 0 Å². The molecule has 2 aromatic heterocycles. The fourth-order valence-electron chi connectivity index (χ4n) is 1.84. The molecule has 5 heteroatoms. The number of carboxylic acid groups (broad SMARTS) is 1. The van der Waals surface area contributed by atoms with E-state index in [1.165, 1.54) is 6.07 Å². The molecule has 0 aliphatic heterocycles. The largest absolute Gasteiger partial charge is 0.478 e. The summed E-state index contributed by atoms with van der Waals surface area (Å²) in [5.41, 5.74) is 0.650. The molecule has 0 aromatic carbocycles. The lowest BCUT2D eigenvalue weighted by atomic mass is 10.1. The SMILES string of the molecule is CC(C)Cc1nc(Cl)c2c(C(=O)O)cccn12. The highest BCUT2D eigenvalue weighted by Crippen LogP contribution is 2.23. The molecule has 0 aliphatic rings. The Kier molecular flexibility index (Phi) is 3.07. The highest BCUT2D eigenvalue weighted by atomic mass is 35.5. The second-order valence-corrected chi connectivity index (χ2v) is 4.72. The molecule has 0 atom stereocenters. The molecule has 4 nitrogen and oxygen atoms in total. The van der Waals surface area contributed by atoms with E-state index in [-0.39, 0.29) is 10.7 Å². The van der Waals surface area contributed by atoms with Crippen LogP contribution in [0.1, 0.15) is 30.0 Å². The van der Waals surface area contributed by atoms with E-state index >= 15 is 0 Å². The minimum atomic E-state index is -0.992. The molecule has 0 aliphatic carbocycles. The van der Waals surface area contributed by atoms with E-state index in [4.69, 9.17) is 16.7 Å². The first kappa shape index (κ1) is 11.9. The molecule has 1 N–H and O–H groups in total. The summed E-state index contributed by atoms with van der Waals surface area (Å²) in [7, 11) is 0. The molecule has 0 unspecified atom stereocenters. The number of pyridine rings is 1. The number of rotatable bonds is 3. The Morgan fingerprint density at radius 1 is 1.59 bits per heavy atom. The zero-order chi connectivity index (χ0) is 12.6.